The number of alkyl halides is 1. The first-order valence-electron chi connectivity index (χ1n) is 5.03. The number of halogens is 1. The molecule has 0 aromatic rings. The Morgan fingerprint density at radius 2 is 2.14 bits per heavy atom. The summed E-state index contributed by atoms with van der Waals surface area (Å²) in [6.07, 6.45) is 1.88. The highest BCUT2D eigenvalue weighted by atomic mass is 35.5. The fourth-order valence-electron chi connectivity index (χ4n) is 1.72. The van der Waals surface area contributed by atoms with Crippen molar-refractivity contribution in [2.24, 2.45) is 5.92 Å². The summed E-state index contributed by atoms with van der Waals surface area (Å²) in [4.78, 5) is 0. The second-order valence-corrected chi connectivity index (χ2v) is 6.95. The van der Waals surface area contributed by atoms with Crippen molar-refractivity contribution in [3.8, 4) is 0 Å². The van der Waals surface area contributed by atoms with Crippen LogP contribution in [0.4, 0.5) is 0 Å². The summed E-state index contributed by atoms with van der Waals surface area (Å²) in [5.41, 5.74) is 0. The van der Waals surface area contributed by atoms with E-state index >= 15 is 0 Å². The Labute approximate surface area is 91.5 Å². The molecule has 1 saturated heterocycles. The summed E-state index contributed by atoms with van der Waals surface area (Å²) in [5, 5.41) is -0.308. The maximum absolute atomic E-state index is 11.8. The Morgan fingerprint density at radius 3 is 2.64 bits per heavy atom. The van der Waals surface area contributed by atoms with E-state index in [1.165, 1.54) is 0 Å². The van der Waals surface area contributed by atoms with E-state index in [4.69, 9.17) is 11.6 Å². The van der Waals surface area contributed by atoms with Crippen molar-refractivity contribution in [3.63, 3.8) is 0 Å². The third kappa shape index (κ3) is 2.61. The molecule has 1 rings (SSSR count). The Morgan fingerprint density at radius 1 is 1.50 bits per heavy atom. The van der Waals surface area contributed by atoms with Crippen LogP contribution in [0.5, 0.6) is 0 Å². The normalized spacial score (nSPS) is 24.7. The van der Waals surface area contributed by atoms with Crippen molar-refractivity contribution in [2.45, 2.75) is 31.9 Å². The summed E-state index contributed by atoms with van der Waals surface area (Å²) in [5.74, 6) is 1.08. The minimum atomic E-state index is -3.04. The number of rotatable bonds is 4. The van der Waals surface area contributed by atoms with Crippen LogP contribution in [0.25, 0.3) is 0 Å². The van der Waals surface area contributed by atoms with Crippen LogP contribution in [-0.4, -0.2) is 36.9 Å². The van der Waals surface area contributed by atoms with Gasteiger partial charge in [-0.25, -0.2) is 12.7 Å². The van der Waals surface area contributed by atoms with Crippen molar-refractivity contribution >= 4 is 21.6 Å². The van der Waals surface area contributed by atoms with E-state index < -0.39 is 10.0 Å². The van der Waals surface area contributed by atoms with Crippen LogP contribution in [-0.2, 0) is 10.0 Å². The molecule has 84 valence electrons. The van der Waals surface area contributed by atoms with E-state index in [1.807, 2.05) is 0 Å². The summed E-state index contributed by atoms with van der Waals surface area (Å²) < 4.78 is 25.2. The zero-order chi connectivity index (χ0) is 10.8. The lowest BCUT2D eigenvalue weighted by atomic mass is 10.1. The fourth-order valence-corrected chi connectivity index (χ4v) is 3.40. The Bertz CT molecular complexity index is 277. The summed E-state index contributed by atoms with van der Waals surface area (Å²) in [7, 11) is -3.04. The van der Waals surface area contributed by atoms with Gasteiger partial charge in [0.1, 0.15) is 0 Å². The summed E-state index contributed by atoms with van der Waals surface area (Å²) in [6.45, 7) is 4.78. The minimum absolute atomic E-state index is 0.308. The predicted octanol–water partition coefficient (Wildman–Crippen LogP) is 1.68. The van der Waals surface area contributed by atoms with E-state index in [2.05, 4.69) is 0 Å². The first kappa shape index (κ1) is 12.3. The number of sulfonamides is 1. The first-order chi connectivity index (χ1) is 6.48. The standard InChI is InChI=1S/C9H18ClNO2S/c1-8(2)14(12,13)11-6-4-9(7-11)3-5-10/h8-9H,3-7H2,1-2H3. The van der Waals surface area contributed by atoms with Gasteiger partial charge in [-0.05, 0) is 32.6 Å². The van der Waals surface area contributed by atoms with Crippen LogP contribution in [0.15, 0.2) is 0 Å². The molecule has 0 radical (unpaired) electrons. The highest BCUT2D eigenvalue weighted by Crippen LogP contribution is 2.24. The topological polar surface area (TPSA) is 37.4 Å². The molecule has 0 spiro atoms. The van der Waals surface area contributed by atoms with Crippen molar-refractivity contribution in [1.29, 1.82) is 0 Å². The molecule has 1 aliphatic heterocycles. The second kappa shape index (κ2) is 4.81. The molecule has 1 unspecified atom stereocenters. The Balaban J connectivity index is 2.58. The molecule has 0 bridgehead atoms. The molecule has 0 aromatic carbocycles. The number of hydrogen-bond donors (Lipinski definition) is 0. The molecular weight excluding hydrogens is 222 g/mol. The Hall–Kier alpha value is 0.200. The molecule has 0 saturated carbocycles. The molecule has 5 heteroatoms. The van der Waals surface area contributed by atoms with Crippen LogP contribution >= 0.6 is 11.6 Å². The van der Waals surface area contributed by atoms with Gasteiger partial charge in [-0.3, -0.25) is 0 Å². The lowest BCUT2D eigenvalue weighted by Crippen LogP contribution is -2.34. The van der Waals surface area contributed by atoms with Gasteiger partial charge >= 0.3 is 0 Å². The fraction of sp³-hybridized carbons (Fsp3) is 1.00. The molecule has 1 atom stereocenters. The third-order valence-corrected chi connectivity index (χ3v) is 5.18. The molecule has 0 N–H and O–H groups in total. The van der Waals surface area contributed by atoms with E-state index in [0.717, 1.165) is 12.8 Å². The average molecular weight is 240 g/mol. The molecule has 1 aliphatic rings. The van der Waals surface area contributed by atoms with Gasteiger partial charge in [0.2, 0.25) is 10.0 Å². The minimum Gasteiger partial charge on any atom is -0.212 e. The third-order valence-electron chi connectivity index (χ3n) is 2.72. The summed E-state index contributed by atoms with van der Waals surface area (Å²) >= 11 is 5.64. The van der Waals surface area contributed by atoms with Crippen LogP contribution in [0, 0.1) is 5.92 Å². The van der Waals surface area contributed by atoms with Gasteiger partial charge in [0.15, 0.2) is 0 Å². The largest absolute Gasteiger partial charge is 0.216 e. The Kier molecular flexibility index (Phi) is 4.22. The lowest BCUT2D eigenvalue weighted by Gasteiger charge is -2.18. The number of nitrogens with zero attached hydrogens (tertiary/aromatic N) is 1. The zero-order valence-electron chi connectivity index (χ0n) is 8.74. The maximum atomic E-state index is 11.8. The molecule has 1 heterocycles. The van der Waals surface area contributed by atoms with Crippen LogP contribution < -0.4 is 0 Å². The van der Waals surface area contributed by atoms with E-state index in [9.17, 15) is 8.42 Å². The van der Waals surface area contributed by atoms with Gasteiger partial charge in [0.05, 0.1) is 5.25 Å². The van der Waals surface area contributed by atoms with Crippen LogP contribution in [0.2, 0.25) is 0 Å². The molecule has 1 fully saturated rings. The molecule has 0 amide bonds. The zero-order valence-corrected chi connectivity index (χ0v) is 10.3. The quantitative estimate of drug-likeness (QED) is 0.700. The van der Waals surface area contributed by atoms with Gasteiger partial charge in [-0.1, -0.05) is 0 Å². The van der Waals surface area contributed by atoms with Gasteiger partial charge in [0.25, 0.3) is 0 Å². The van der Waals surface area contributed by atoms with E-state index in [-0.39, 0.29) is 5.25 Å². The molecule has 0 aliphatic carbocycles. The molecular formula is C9H18ClNO2S. The molecule has 14 heavy (non-hydrogen) atoms. The average Bonchev–Trinajstić information content (AvgIpc) is 2.53. The maximum Gasteiger partial charge on any atom is 0.216 e. The molecule has 3 nitrogen and oxygen atoms in total. The highest BCUT2D eigenvalue weighted by molar-refractivity contribution is 7.89. The summed E-state index contributed by atoms with van der Waals surface area (Å²) in [6, 6.07) is 0. The highest BCUT2D eigenvalue weighted by Gasteiger charge is 2.32. The molecule has 0 aromatic heterocycles. The van der Waals surface area contributed by atoms with Crippen molar-refractivity contribution in [3.05, 3.63) is 0 Å². The van der Waals surface area contributed by atoms with Crippen molar-refractivity contribution in [2.75, 3.05) is 19.0 Å². The van der Waals surface area contributed by atoms with Crippen molar-refractivity contribution in [1.82, 2.24) is 4.31 Å². The van der Waals surface area contributed by atoms with Gasteiger partial charge in [0, 0.05) is 19.0 Å². The van der Waals surface area contributed by atoms with Crippen LogP contribution in [0.3, 0.4) is 0 Å². The first-order valence-corrected chi connectivity index (χ1v) is 7.07. The smallest absolute Gasteiger partial charge is 0.212 e. The van der Waals surface area contributed by atoms with Gasteiger partial charge < -0.3 is 0 Å². The predicted molar refractivity (Wildman–Crippen MR) is 59.1 cm³/mol. The van der Waals surface area contributed by atoms with Gasteiger partial charge in [-0.15, -0.1) is 11.6 Å². The lowest BCUT2D eigenvalue weighted by molar-refractivity contribution is 0.448. The van der Waals surface area contributed by atoms with E-state index in [0.29, 0.717) is 24.9 Å². The monoisotopic (exact) mass is 239 g/mol. The van der Waals surface area contributed by atoms with Crippen molar-refractivity contribution < 1.29 is 8.42 Å². The van der Waals surface area contributed by atoms with Gasteiger partial charge in [-0.2, -0.15) is 0 Å². The van der Waals surface area contributed by atoms with Crippen LogP contribution in [0.1, 0.15) is 26.7 Å². The SMILES string of the molecule is CC(C)S(=O)(=O)N1CCC(CCCl)C1. The second-order valence-electron chi connectivity index (χ2n) is 4.08. The number of hydrogen-bond acceptors (Lipinski definition) is 2. The van der Waals surface area contributed by atoms with E-state index in [1.54, 1.807) is 18.2 Å².